The zero-order valence-corrected chi connectivity index (χ0v) is 18.9. The van der Waals surface area contributed by atoms with Crippen LogP contribution in [0.25, 0.3) is 11.1 Å². The molecule has 1 atom stereocenters. The highest BCUT2D eigenvalue weighted by molar-refractivity contribution is 5.96. The molecular formula is C28H24N2O5. The lowest BCUT2D eigenvalue weighted by atomic mass is 9.98. The third-order valence-corrected chi connectivity index (χ3v) is 5.85. The number of fused-ring (bicyclic) bond motifs is 3. The minimum atomic E-state index is -0.991. The van der Waals surface area contributed by atoms with Gasteiger partial charge in [0.05, 0.1) is 6.42 Å². The van der Waals surface area contributed by atoms with Crippen LogP contribution >= 0.6 is 0 Å². The molecule has 1 aliphatic carbocycles. The fourth-order valence-electron chi connectivity index (χ4n) is 4.22. The third-order valence-electron chi connectivity index (χ3n) is 5.85. The van der Waals surface area contributed by atoms with Crippen molar-refractivity contribution in [3.63, 3.8) is 0 Å². The summed E-state index contributed by atoms with van der Waals surface area (Å²) in [5.41, 5.74) is 5.48. The lowest BCUT2D eigenvalue weighted by Crippen LogP contribution is -2.44. The third kappa shape index (κ3) is 5.50. The second-order valence-electron chi connectivity index (χ2n) is 8.19. The topological polar surface area (TPSA) is 105 Å². The summed E-state index contributed by atoms with van der Waals surface area (Å²) in [6.45, 7) is 0.120. The average molecular weight is 469 g/mol. The van der Waals surface area contributed by atoms with Gasteiger partial charge in [0, 0.05) is 18.0 Å². The van der Waals surface area contributed by atoms with E-state index in [9.17, 15) is 14.4 Å². The van der Waals surface area contributed by atoms with Gasteiger partial charge < -0.3 is 20.5 Å². The lowest BCUT2D eigenvalue weighted by molar-refractivity contribution is -0.136. The molecule has 176 valence electrons. The molecule has 35 heavy (non-hydrogen) atoms. The highest BCUT2D eigenvalue weighted by Gasteiger charge is 2.29. The van der Waals surface area contributed by atoms with E-state index in [0.717, 1.165) is 22.3 Å². The zero-order chi connectivity index (χ0) is 24.8. The molecule has 3 aromatic carbocycles. The normalized spacial score (nSPS) is 12.5. The Bertz CT molecular complexity index is 1250. The average Bonchev–Trinajstić information content (AvgIpc) is 3.17. The molecule has 1 aliphatic rings. The summed E-state index contributed by atoms with van der Waals surface area (Å²) < 4.78 is 5.52. The molecule has 3 aromatic rings. The first-order valence-corrected chi connectivity index (χ1v) is 11.1. The molecule has 0 saturated heterocycles. The van der Waals surface area contributed by atoms with Gasteiger partial charge in [0.25, 0.3) is 0 Å². The van der Waals surface area contributed by atoms with Crippen molar-refractivity contribution >= 4 is 23.7 Å². The van der Waals surface area contributed by atoms with E-state index in [1.807, 2.05) is 36.4 Å². The Balaban J connectivity index is 1.37. The van der Waals surface area contributed by atoms with E-state index in [2.05, 4.69) is 28.7 Å². The van der Waals surface area contributed by atoms with Gasteiger partial charge >= 0.3 is 12.1 Å². The van der Waals surface area contributed by atoms with E-state index in [1.54, 1.807) is 24.3 Å². The Morgan fingerprint density at radius 3 is 2.11 bits per heavy atom. The second kappa shape index (κ2) is 10.6. The first kappa shape index (κ1) is 23.6. The molecule has 4 rings (SSSR count). The van der Waals surface area contributed by atoms with E-state index < -0.39 is 24.0 Å². The van der Waals surface area contributed by atoms with E-state index in [1.165, 1.54) is 0 Å². The summed E-state index contributed by atoms with van der Waals surface area (Å²) in [7, 11) is 0. The summed E-state index contributed by atoms with van der Waals surface area (Å²) in [6, 6.07) is 21.4. The number of benzene rings is 3. The van der Waals surface area contributed by atoms with Crippen molar-refractivity contribution in [3.8, 4) is 23.5 Å². The number of carbonyl (C=O) groups excluding carboxylic acids is 2. The SMILES string of the molecule is C#CCC(NC(=O)OCC1c2ccccc2-c2ccccc21)C(=O)Nc1ccc(CC(=O)O)cc1. The monoisotopic (exact) mass is 468 g/mol. The molecule has 1 unspecified atom stereocenters. The summed E-state index contributed by atoms with van der Waals surface area (Å²) in [6.07, 6.45) is 4.53. The van der Waals surface area contributed by atoms with Crippen LogP contribution in [0.4, 0.5) is 10.5 Å². The number of hydrogen-bond acceptors (Lipinski definition) is 4. The number of carboxylic acids is 1. The van der Waals surface area contributed by atoms with Crippen LogP contribution in [0, 0.1) is 12.3 Å². The van der Waals surface area contributed by atoms with Crippen molar-refractivity contribution < 1.29 is 24.2 Å². The Kier molecular flexibility index (Phi) is 7.12. The summed E-state index contributed by atoms with van der Waals surface area (Å²) >= 11 is 0. The molecular weight excluding hydrogens is 444 g/mol. The summed E-state index contributed by atoms with van der Waals surface area (Å²) in [4.78, 5) is 36.1. The predicted molar refractivity (Wildman–Crippen MR) is 132 cm³/mol. The van der Waals surface area contributed by atoms with Crippen molar-refractivity contribution in [2.45, 2.75) is 24.8 Å². The molecule has 0 radical (unpaired) electrons. The van der Waals surface area contributed by atoms with Gasteiger partial charge in [0.1, 0.15) is 12.6 Å². The van der Waals surface area contributed by atoms with Gasteiger partial charge in [-0.2, -0.15) is 0 Å². The Morgan fingerprint density at radius 1 is 0.943 bits per heavy atom. The van der Waals surface area contributed by atoms with Crippen LogP contribution in [0.3, 0.4) is 0 Å². The Hall–Kier alpha value is -4.57. The van der Waals surface area contributed by atoms with E-state index in [0.29, 0.717) is 11.3 Å². The largest absolute Gasteiger partial charge is 0.481 e. The number of carbonyl (C=O) groups is 3. The molecule has 0 spiro atoms. The zero-order valence-electron chi connectivity index (χ0n) is 18.9. The maximum atomic E-state index is 12.7. The number of hydrogen-bond donors (Lipinski definition) is 3. The number of anilines is 1. The minimum Gasteiger partial charge on any atom is -0.481 e. The van der Waals surface area contributed by atoms with Crippen LogP contribution in [0.15, 0.2) is 72.8 Å². The molecule has 0 fully saturated rings. The van der Waals surface area contributed by atoms with Gasteiger partial charge in [0.15, 0.2) is 0 Å². The van der Waals surface area contributed by atoms with Crippen LogP contribution < -0.4 is 10.6 Å². The van der Waals surface area contributed by atoms with Crippen molar-refractivity contribution in [1.82, 2.24) is 5.32 Å². The number of aliphatic carboxylic acids is 1. The predicted octanol–water partition coefficient (Wildman–Crippen LogP) is 4.18. The highest BCUT2D eigenvalue weighted by atomic mass is 16.5. The van der Waals surface area contributed by atoms with Gasteiger partial charge in [-0.25, -0.2) is 4.79 Å². The van der Waals surface area contributed by atoms with Crippen LogP contribution in [0.2, 0.25) is 0 Å². The molecule has 0 heterocycles. The van der Waals surface area contributed by atoms with E-state index in [-0.39, 0.29) is 25.4 Å². The molecule has 0 aromatic heterocycles. The first-order chi connectivity index (χ1) is 17.0. The quantitative estimate of drug-likeness (QED) is 0.430. The number of terminal acetylenes is 1. The first-order valence-electron chi connectivity index (χ1n) is 11.1. The number of nitrogens with one attached hydrogen (secondary N) is 2. The van der Waals surface area contributed by atoms with Crippen LogP contribution in [-0.2, 0) is 20.7 Å². The summed E-state index contributed by atoms with van der Waals surface area (Å²) in [5.74, 6) is 0.859. The Morgan fingerprint density at radius 2 is 1.54 bits per heavy atom. The van der Waals surface area contributed by atoms with Gasteiger partial charge in [-0.05, 0) is 39.9 Å². The van der Waals surface area contributed by atoms with E-state index in [4.69, 9.17) is 16.3 Å². The maximum Gasteiger partial charge on any atom is 0.407 e. The van der Waals surface area contributed by atoms with E-state index >= 15 is 0 Å². The molecule has 7 heteroatoms. The Labute approximate surface area is 203 Å². The molecule has 2 amide bonds. The van der Waals surface area contributed by atoms with Gasteiger partial charge in [-0.3, -0.25) is 9.59 Å². The van der Waals surface area contributed by atoms with Crippen LogP contribution in [-0.4, -0.2) is 35.7 Å². The fraction of sp³-hybridized carbons (Fsp3) is 0.179. The number of ether oxygens (including phenoxy) is 1. The maximum absolute atomic E-state index is 12.7. The van der Waals surface area contributed by atoms with Gasteiger partial charge in [-0.1, -0.05) is 60.7 Å². The van der Waals surface area contributed by atoms with Crippen molar-refractivity contribution in [2.75, 3.05) is 11.9 Å². The van der Waals surface area contributed by atoms with Crippen molar-refractivity contribution in [3.05, 3.63) is 89.5 Å². The number of amides is 2. The molecule has 7 nitrogen and oxygen atoms in total. The van der Waals surface area contributed by atoms with Crippen molar-refractivity contribution in [1.29, 1.82) is 0 Å². The number of carboxylic acid groups (broad SMARTS) is 1. The standard InChI is InChI=1S/C28H24N2O5/c1-2-7-25(27(33)29-19-14-12-18(13-15-19)16-26(31)32)30-28(34)35-17-24-22-10-5-3-8-20(22)21-9-4-6-11-23(21)24/h1,3-6,8-15,24-25H,7,16-17H2,(H,29,33)(H,30,34)(H,31,32). The molecule has 3 N–H and O–H groups in total. The molecule has 0 aliphatic heterocycles. The van der Waals surface area contributed by atoms with Crippen molar-refractivity contribution in [2.24, 2.45) is 0 Å². The minimum absolute atomic E-state index is 0.0207. The fourth-order valence-corrected chi connectivity index (χ4v) is 4.22. The van der Waals surface area contributed by atoms with Gasteiger partial charge in [0.2, 0.25) is 5.91 Å². The number of rotatable bonds is 8. The van der Waals surface area contributed by atoms with Crippen LogP contribution in [0.1, 0.15) is 29.0 Å². The van der Waals surface area contributed by atoms with Crippen LogP contribution in [0.5, 0.6) is 0 Å². The molecule has 0 saturated carbocycles. The second-order valence-corrected chi connectivity index (χ2v) is 8.19. The summed E-state index contributed by atoms with van der Waals surface area (Å²) in [5, 5.41) is 14.1. The smallest absolute Gasteiger partial charge is 0.407 e. The highest BCUT2D eigenvalue weighted by Crippen LogP contribution is 2.44. The number of alkyl carbamates (subject to hydrolysis) is 1. The molecule has 0 bridgehead atoms. The lowest BCUT2D eigenvalue weighted by Gasteiger charge is -2.18. The van der Waals surface area contributed by atoms with Gasteiger partial charge in [-0.15, -0.1) is 12.3 Å².